The minimum absolute atomic E-state index is 2.64. The Balaban J connectivity index is 4.57. The molecule has 9 heavy (non-hydrogen) atoms. The molecule has 0 saturated carbocycles. The van der Waals surface area contributed by atoms with Gasteiger partial charge in [-0.25, -0.2) is 4.79 Å². The first-order chi connectivity index (χ1) is 4.19. The number of alkyl halides is 3. The molecule has 0 aliphatic heterocycles. The van der Waals surface area contributed by atoms with Crippen LogP contribution in [0.5, 0.6) is 0 Å². The van der Waals surface area contributed by atoms with Crippen LogP contribution in [0.25, 0.3) is 0 Å². The number of carboxylic acid groups (broad SMARTS) is 1. The third-order valence-corrected chi connectivity index (χ3v) is 0.471. The number of aliphatic carboxylic acids is 1. The number of halogens is 3. The van der Waals surface area contributed by atoms with Crippen LogP contribution in [-0.2, 0) is 4.79 Å². The highest BCUT2D eigenvalue weighted by molar-refractivity contribution is 5.72. The zero-order chi connectivity index (χ0) is 8.58. The van der Waals surface area contributed by atoms with Crippen molar-refractivity contribution in [1.29, 1.82) is 0 Å². The molecule has 1 unspecified atom stereocenters. The summed E-state index contributed by atoms with van der Waals surface area (Å²) in [6, 6.07) is 0. The summed E-state index contributed by atoms with van der Waals surface area (Å²) in [6.45, 7) is 0. The fourth-order valence-corrected chi connectivity index (χ4v) is 0.121. The van der Waals surface area contributed by atoms with Crippen LogP contribution in [0.15, 0.2) is 0 Å². The maximum absolute atomic E-state index is 11.3. The zero-order valence-corrected chi connectivity index (χ0v) is 3.94. The van der Waals surface area contributed by atoms with E-state index in [-0.39, 0.29) is 0 Å². The number of hydrogen-bond donors (Lipinski definition) is 2. The number of carbonyl (C=O) groups is 1. The van der Waals surface area contributed by atoms with E-state index in [1.54, 1.807) is 0 Å². The van der Waals surface area contributed by atoms with Gasteiger partial charge in [0, 0.05) is 0 Å². The van der Waals surface area contributed by atoms with Crippen molar-refractivity contribution >= 4 is 5.97 Å². The third-order valence-electron chi connectivity index (χ3n) is 0.471. The highest BCUT2D eigenvalue weighted by atomic mass is 19.4. The number of carboxylic acids is 1. The normalized spacial score (nSPS) is 20.2. The summed E-state index contributed by atoms with van der Waals surface area (Å²) in [5.41, 5.74) is 0. The zero-order valence-electron chi connectivity index (χ0n) is 4.94. The summed E-state index contributed by atoms with van der Waals surface area (Å²) < 4.78 is 39.7. The summed E-state index contributed by atoms with van der Waals surface area (Å²) in [7, 11) is 0. The van der Waals surface area contributed by atoms with Gasteiger partial charge < -0.3 is 10.2 Å². The van der Waals surface area contributed by atoms with E-state index >= 15 is 0 Å². The lowest BCUT2D eigenvalue weighted by atomic mass is 10.4. The summed E-state index contributed by atoms with van der Waals surface area (Å²) in [5.74, 6) is -2.64. The van der Waals surface area contributed by atoms with Gasteiger partial charge in [0.15, 0.2) is 0 Å². The second kappa shape index (κ2) is 2.22. The van der Waals surface area contributed by atoms with Crippen LogP contribution in [0, 0.1) is 0 Å². The van der Waals surface area contributed by atoms with E-state index in [1.165, 1.54) is 0 Å². The number of aliphatic hydroxyl groups is 1. The second-order valence-electron chi connectivity index (χ2n) is 1.15. The van der Waals surface area contributed by atoms with Crippen molar-refractivity contribution in [2.75, 3.05) is 0 Å². The van der Waals surface area contributed by atoms with Crippen molar-refractivity contribution in [2.24, 2.45) is 0 Å². The summed E-state index contributed by atoms with van der Waals surface area (Å²) >= 11 is 0. The minimum Gasteiger partial charge on any atom is -0.479 e. The van der Waals surface area contributed by atoms with Gasteiger partial charge in [-0.15, -0.1) is 0 Å². The Morgan fingerprint density at radius 1 is 1.67 bits per heavy atom. The maximum Gasteiger partial charge on any atom is 0.425 e. The van der Waals surface area contributed by atoms with Crippen molar-refractivity contribution in [1.82, 2.24) is 0 Å². The van der Waals surface area contributed by atoms with Crippen LogP contribution in [0.2, 0.25) is 0 Å². The first-order valence-corrected chi connectivity index (χ1v) is 1.72. The minimum atomic E-state index is -5.46. The largest absolute Gasteiger partial charge is 0.479 e. The Morgan fingerprint density at radius 3 is 2.00 bits per heavy atom. The van der Waals surface area contributed by atoms with E-state index in [9.17, 15) is 18.0 Å². The van der Waals surface area contributed by atoms with Gasteiger partial charge in [-0.1, -0.05) is 0 Å². The predicted molar refractivity (Wildman–Crippen MR) is 19.7 cm³/mol. The van der Waals surface area contributed by atoms with Crippen LogP contribution >= 0.6 is 0 Å². The van der Waals surface area contributed by atoms with Crippen molar-refractivity contribution in [3.05, 3.63) is 0 Å². The molecule has 54 valence electrons. The Labute approximate surface area is 49.1 Å². The lowest BCUT2D eigenvalue weighted by Crippen LogP contribution is -2.35. The van der Waals surface area contributed by atoms with Crippen molar-refractivity contribution in [3.8, 4) is 0 Å². The van der Waals surface area contributed by atoms with E-state index in [2.05, 4.69) is 0 Å². The molecular weight excluding hydrogens is 141 g/mol. The molecule has 6 heteroatoms. The van der Waals surface area contributed by atoms with E-state index in [4.69, 9.17) is 11.6 Å². The van der Waals surface area contributed by atoms with Gasteiger partial charge in [0.05, 0.1) is 1.37 Å². The molecule has 0 aromatic rings. The SMILES string of the molecule is [2H]C(O)(C(=O)O)C(F)(F)F. The van der Waals surface area contributed by atoms with Gasteiger partial charge >= 0.3 is 12.1 Å². The molecule has 0 rings (SSSR count). The fraction of sp³-hybridized carbons (Fsp3) is 0.667. The molecule has 3 nitrogen and oxygen atoms in total. The quantitative estimate of drug-likeness (QED) is 0.545. The van der Waals surface area contributed by atoms with Crippen molar-refractivity contribution in [2.45, 2.75) is 12.3 Å². The molecule has 1 atom stereocenters. The molecule has 0 aromatic carbocycles. The summed E-state index contributed by atoms with van der Waals surface area (Å²) in [5, 5.41) is 15.5. The highest BCUT2D eigenvalue weighted by Gasteiger charge is 2.43. The molecule has 0 heterocycles. The lowest BCUT2D eigenvalue weighted by molar-refractivity contribution is -0.214. The van der Waals surface area contributed by atoms with Crippen LogP contribution < -0.4 is 0 Å². The maximum atomic E-state index is 11.3. The summed E-state index contributed by atoms with van der Waals surface area (Å²) in [4.78, 5) is 9.51. The van der Waals surface area contributed by atoms with Gasteiger partial charge in [-0.05, 0) is 0 Å². The van der Waals surface area contributed by atoms with E-state index in [0.717, 1.165) is 0 Å². The smallest absolute Gasteiger partial charge is 0.425 e. The number of hydrogen-bond acceptors (Lipinski definition) is 2. The third kappa shape index (κ3) is 2.31. The lowest BCUT2D eigenvalue weighted by Gasteiger charge is -2.07. The predicted octanol–water partition coefficient (Wildman–Crippen LogP) is -0.00580. The van der Waals surface area contributed by atoms with Gasteiger partial charge in [-0.3, -0.25) is 0 Å². The van der Waals surface area contributed by atoms with Gasteiger partial charge in [-0.2, -0.15) is 13.2 Å². The average Bonchev–Trinajstić information content (AvgIpc) is 1.62. The molecule has 0 fully saturated rings. The standard InChI is InChI=1S/C3H3F3O3/c4-3(5,6)1(7)2(8)9/h1,7H,(H,8,9)/i1D. The first kappa shape index (κ1) is 6.34. The molecule has 0 saturated heterocycles. The first-order valence-electron chi connectivity index (χ1n) is 2.22. The molecule has 2 N–H and O–H groups in total. The van der Waals surface area contributed by atoms with Gasteiger partial charge in [0.25, 0.3) is 0 Å². The second-order valence-corrected chi connectivity index (χ2v) is 1.15. The average molecular weight is 145 g/mol. The molecule has 0 aliphatic carbocycles. The molecule has 0 aromatic heterocycles. The molecule has 0 spiro atoms. The highest BCUT2D eigenvalue weighted by Crippen LogP contribution is 2.19. The molecule has 0 radical (unpaired) electrons. The molecule has 0 aliphatic rings. The van der Waals surface area contributed by atoms with Crippen LogP contribution in [-0.4, -0.2) is 28.4 Å². The van der Waals surface area contributed by atoms with Crippen molar-refractivity contribution < 1.29 is 29.5 Å². The van der Waals surface area contributed by atoms with Gasteiger partial charge in [0.1, 0.15) is 0 Å². The fourth-order valence-electron chi connectivity index (χ4n) is 0.121. The van der Waals surface area contributed by atoms with E-state index in [0.29, 0.717) is 0 Å². The topological polar surface area (TPSA) is 57.5 Å². The Morgan fingerprint density at radius 2 is 2.00 bits per heavy atom. The van der Waals surface area contributed by atoms with Gasteiger partial charge in [0.2, 0.25) is 6.08 Å². The Bertz CT molecular complexity index is 152. The summed E-state index contributed by atoms with van der Waals surface area (Å²) in [6.07, 6.45) is -9.86. The molecular formula is C3H3F3O3. The molecule has 0 amide bonds. The Kier molecular flexibility index (Phi) is 1.56. The Hall–Kier alpha value is -0.780. The van der Waals surface area contributed by atoms with E-state index in [1.807, 2.05) is 0 Å². The molecule has 0 bridgehead atoms. The van der Waals surface area contributed by atoms with Crippen LogP contribution in [0.4, 0.5) is 13.2 Å². The van der Waals surface area contributed by atoms with E-state index < -0.39 is 18.2 Å². The van der Waals surface area contributed by atoms with Crippen LogP contribution in [0.1, 0.15) is 1.37 Å². The van der Waals surface area contributed by atoms with Crippen LogP contribution in [0.3, 0.4) is 0 Å². The monoisotopic (exact) mass is 145 g/mol. The van der Waals surface area contributed by atoms with Crippen molar-refractivity contribution in [3.63, 3.8) is 0 Å². The number of rotatable bonds is 1.